The maximum atomic E-state index is 3.83. The highest BCUT2D eigenvalue weighted by Gasteiger charge is 2.22. The highest BCUT2D eigenvalue weighted by Crippen LogP contribution is 2.24. The lowest BCUT2D eigenvalue weighted by atomic mass is 9.86. The smallest absolute Gasteiger partial charge is 0.0110 e. The summed E-state index contributed by atoms with van der Waals surface area (Å²) < 4.78 is 0. The standard InChI is InChI=1S/C17H34N2/c1-3-19(16-10-5-4-6-11-16)14-13-18-17-12-8-7-9-15(17)2/h15-18H,3-14H2,1-2H3. The van der Waals surface area contributed by atoms with E-state index in [0.29, 0.717) is 0 Å². The maximum absolute atomic E-state index is 3.83. The molecule has 2 heteroatoms. The third-order valence-electron chi connectivity index (χ3n) is 5.41. The first kappa shape index (κ1) is 15.3. The molecule has 1 N–H and O–H groups in total. The minimum Gasteiger partial charge on any atom is -0.312 e. The van der Waals surface area contributed by atoms with E-state index in [4.69, 9.17) is 0 Å². The molecule has 0 aromatic heterocycles. The zero-order chi connectivity index (χ0) is 13.5. The van der Waals surface area contributed by atoms with Gasteiger partial charge in [-0.15, -0.1) is 0 Å². The van der Waals surface area contributed by atoms with Gasteiger partial charge in [-0.1, -0.05) is 46.0 Å². The van der Waals surface area contributed by atoms with Gasteiger partial charge >= 0.3 is 0 Å². The Morgan fingerprint density at radius 2 is 1.63 bits per heavy atom. The van der Waals surface area contributed by atoms with Crippen molar-refractivity contribution in [3.63, 3.8) is 0 Å². The van der Waals surface area contributed by atoms with E-state index in [2.05, 4.69) is 24.1 Å². The lowest BCUT2D eigenvalue weighted by Crippen LogP contribution is -2.44. The number of nitrogens with one attached hydrogen (secondary N) is 1. The molecule has 0 aliphatic heterocycles. The molecule has 2 atom stereocenters. The highest BCUT2D eigenvalue weighted by atomic mass is 15.2. The van der Waals surface area contributed by atoms with Crippen molar-refractivity contribution in [3.8, 4) is 0 Å². The van der Waals surface area contributed by atoms with Gasteiger partial charge in [0.15, 0.2) is 0 Å². The van der Waals surface area contributed by atoms with Crippen LogP contribution in [0, 0.1) is 5.92 Å². The van der Waals surface area contributed by atoms with Gasteiger partial charge in [-0.25, -0.2) is 0 Å². The summed E-state index contributed by atoms with van der Waals surface area (Å²) in [4.78, 5) is 2.72. The third kappa shape index (κ3) is 4.75. The van der Waals surface area contributed by atoms with Crippen LogP contribution in [-0.2, 0) is 0 Å². The zero-order valence-corrected chi connectivity index (χ0v) is 13.2. The molecule has 0 aromatic rings. The van der Waals surface area contributed by atoms with Crippen molar-refractivity contribution in [1.29, 1.82) is 0 Å². The average molecular weight is 266 g/mol. The first-order chi connectivity index (χ1) is 9.31. The zero-order valence-electron chi connectivity index (χ0n) is 13.2. The molecule has 2 aliphatic rings. The lowest BCUT2D eigenvalue weighted by molar-refractivity contribution is 0.158. The quantitative estimate of drug-likeness (QED) is 0.786. The van der Waals surface area contributed by atoms with E-state index in [0.717, 1.165) is 18.0 Å². The van der Waals surface area contributed by atoms with Crippen LogP contribution in [0.3, 0.4) is 0 Å². The van der Waals surface area contributed by atoms with Crippen LogP contribution in [0.1, 0.15) is 71.6 Å². The van der Waals surface area contributed by atoms with Crippen LogP contribution in [0.4, 0.5) is 0 Å². The summed E-state index contributed by atoms with van der Waals surface area (Å²) in [6, 6.07) is 1.67. The predicted octanol–water partition coefficient (Wildman–Crippen LogP) is 3.81. The van der Waals surface area contributed by atoms with Gasteiger partial charge in [0.2, 0.25) is 0 Å². The van der Waals surface area contributed by atoms with Crippen molar-refractivity contribution in [1.82, 2.24) is 10.2 Å². The van der Waals surface area contributed by atoms with Crippen molar-refractivity contribution >= 4 is 0 Å². The predicted molar refractivity (Wildman–Crippen MR) is 83.5 cm³/mol. The first-order valence-corrected chi connectivity index (χ1v) is 8.78. The molecule has 0 radical (unpaired) electrons. The second-order valence-electron chi connectivity index (χ2n) is 6.74. The molecule has 0 amide bonds. The molecule has 2 saturated carbocycles. The number of likely N-dealkylation sites (N-methyl/N-ethyl adjacent to an activating group) is 1. The van der Waals surface area contributed by atoms with E-state index in [-0.39, 0.29) is 0 Å². The Morgan fingerprint density at radius 3 is 2.32 bits per heavy atom. The molecule has 2 fully saturated rings. The van der Waals surface area contributed by atoms with Crippen LogP contribution in [0.15, 0.2) is 0 Å². The van der Waals surface area contributed by atoms with Crippen molar-refractivity contribution in [3.05, 3.63) is 0 Å². The summed E-state index contributed by atoms with van der Waals surface area (Å²) in [6.07, 6.45) is 13.0. The Bertz CT molecular complexity index is 235. The van der Waals surface area contributed by atoms with E-state index in [1.807, 2.05) is 0 Å². The Hall–Kier alpha value is -0.0800. The van der Waals surface area contributed by atoms with Gasteiger partial charge in [0.1, 0.15) is 0 Å². The largest absolute Gasteiger partial charge is 0.312 e. The van der Waals surface area contributed by atoms with Crippen LogP contribution < -0.4 is 5.32 Å². The van der Waals surface area contributed by atoms with E-state index in [1.165, 1.54) is 77.4 Å². The molecular formula is C17H34N2. The van der Waals surface area contributed by atoms with Crippen molar-refractivity contribution in [2.24, 2.45) is 5.92 Å². The maximum Gasteiger partial charge on any atom is 0.0110 e. The lowest BCUT2D eigenvalue weighted by Gasteiger charge is -2.35. The second kappa shape index (κ2) is 8.26. The molecule has 0 aromatic carbocycles. The summed E-state index contributed by atoms with van der Waals surface area (Å²) >= 11 is 0. The van der Waals surface area contributed by atoms with E-state index < -0.39 is 0 Å². The number of hydrogen-bond acceptors (Lipinski definition) is 2. The van der Waals surface area contributed by atoms with Crippen LogP contribution in [-0.4, -0.2) is 36.6 Å². The van der Waals surface area contributed by atoms with Crippen molar-refractivity contribution in [2.45, 2.75) is 83.7 Å². The third-order valence-corrected chi connectivity index (χ3v) is 5.41. The number of rotatable bonds is 6. The van der Waals surface area contributed by atoms with Gasteiger partial charge in [0.05, 0.1) is 0 Å². The van der Waals surface area contributed by atoms with Gasteiger partial charge < -0.3 is 5.32 Å². The van der Waals surface area contributed by atoms with Crippen LogP contribution >= 0.6 is 0 Å². The van der Waals surface area contributed by atoms with E-state index in [1.54, 1.807) is 0 Å². The van der Waals surface area contributed by atoms with Crippen LogP contribution in [0.5, 0.6) is 0 Å². The topological polar surface area (TPSA) is 15.3 Å². The Morgan fingerprint density at radius 1 is 0.947 bits per heavy atom. The normalized spacial score (nSPS) is 29.8. The number of nitrogens with zero attached hydrogens (tertiary/aromatic N) is 1. The Labute approximate surface area is 120 Å². The second-order valence-corrected chi connectivity index (χ2v) is 6.74. The van der Waals surface area contributed by atoms with E-state index >= 15 is 0 Å². The van der Waals surface area contributed by atoms with Crippen molar-refractivity contribution in [2.75, 3.05) is 19.6 Å². The fraction of sp³-hybridized carbons (Fsp3) is 1.00. The molecule has 2 aliphatic carbocycles. The molecule has 0 spiro atoms. The molecule has 2 nitrogen and oxygen atoms in total. The summed E-state index contributed by atoms with van der Waals surface area (Å²) in [6.45, 7) is 8.43. The molecule has 0 heterocycles. The van der Waals surface area contributed by atoms with Crippen LogP contribution in [0.25, 0.3) is 0 Å². The number of hydrogen-bond donors (Lipinski definition) is 1. The first-order valence-electron chi connectivity index (χ1n) is 8.78. The fourth-order valence-electron chi connectivity index (χ4n) is 4.06. The van der Waals surface area contributed by atoms with Crippen LogP contribution in [0.2, 0.25) is 0 Å². The SMILES string of the molecule is CCN(CCNC1CCCCC1C)C1CCCCC1. The molecule has 19 heavy (non-hydrogen) atoms. The minimum absolute atomic E-state index is 0.791. The van der Waals surface area contributed by atoms with Gasteiger partial charge in [-0.2, -0.15) is 0 Å². The molecule has 0 bridgehead atoms. The monoisotopic (exact) mass is 266 g/mol. The molecule has 2 unspecified atom stereocenters. The van der Waals surface area contributed by atoms with Gasteiger partial charge in [0, 0.05) is 25.2 Å². The van der Waals surface area contributed by atoms with E-state index in [9.17, 15) is 0 Å². The van der Waals surface area contributed by atoms with Gasteiger partial charge in [-0.3, -0.25) is 4.90 Å². The van der Waals surface area contributed by atoms with Gasteiger partial charge in [-0.05, 0) is 38.1 Å². The highest BCUT2D eigenvalue weighted by molar-refractivity contribution is 4.80. The Balaban J connectivity index is 1.67. The Kier molecular flexibility index (Phi) is 6.66. The minimum atomic E-state index is 0.791. The van der Waals surface area contributed by atoms with Crippen molar-refractivity contribution < 1.29 is 0 Å². The summed E-state index contributed by atoms with van der Waals surface area (Å²) in [5, 5.41) is 3.83. The fourth-order valence-corrected chi connectivity index (χ4v) is 4.06. The molecule has 0 saturated heterocycles. The van der Waals surface area contributed by atoms with Gasteiger partial charge in [0.25, 0.3) is 0 Å². The summed E-state index contributed by atoms with van der Waals surface area (Å²) in [7, 11) is 0. The summed E-state index contributed by atoms with van der Waals surface area (Å²) in [5.41, 5.74) is 0. The molecule has 112 valence electrons. The average Bonchev–Trinajstić information content (AvgIpc) is 2.46. The molecule has 2 rings (SSSR count). The molecular weight excluding hydrogens is 232 g/mol. The summed E-state index contributed by atoms with van der Waals surface area (Å²) in [5.74, 6) is 0.888.